The van der Waals surface area contributed by atoms with Crippen molar-refractivity contribution in [1.29, 1.82) is 0 Å². The third-order valence-electron chi connectivity index (χ3n) is 6.92. The van der Waals surface area contributed by atoms with Crippen molar-refractivity contribution in [1.82, 2.24) is 9.88 Å². The molecule has 1 aromatic heterocycles. The lowest BCUT2D eigenvalue weighted by Crippen LogP contribution is -2.44. The number of nitrogens with one attached hydrogen (secondary N) is 1. The third-order valence-corrected chi connectivity index (χ3v) is 7.55. The van der Waals surface area contributed by atoms with Crippen LogP contribution in [0.4, 0.5) is 13.2 Å². The number of amides is 1. The van der Waals surface area contributed by atoms with Gasteiger partial charge < -0.3 is 19.4 Å². The van der Waals surface area contributed by atoms with Crippen LogP contribution in [-0.2, 0) is 33.9 Å². The van der Waals surface area contributed by atoms with Gasteiger partial charge in [-0.05, 0) is 42.7 Å². The van der Waals surface area contributed by atoms with Gasteiger partial charge in [-0.25, -0.2) is 4.79 Å². The highest BCUT2D eigenvalue weighted by Gasteiger charge is 2.36. The van der Waals surface area contributed by atoms with E-state index in [0.717, 1.165) is 17.1 Å². The maximum Gasteiger partial charge on any atom is 0.417 e. The van der Waals surface area contributed by atoms with Crippen LogP contribution in [0.15, 0.2) is 53.3 Å². The van der Waals surface area contributed by atoms with Crippen LogP contribution < -0.4 is 10.9 Å². The lowest BCUT2D eigenvalue weighted by atomic mass is 9.97. The van der Waals surface area contributed by atoms with Crippen LogP contribution in [-0.4, -0.2) is 42.3 Å². The number of carbonyl (C=O) groups excluding carboxylic acids is 2. The van der Waals surface area contributed by atoms with E-state index in [-0.39, 0.29) is 45.8 Å². The Morgan fingerprint density at radius 3 is 2.39 bits per heavy atom. The highest BCUT2D eigenvalue weighted by atomic mass is 35.5. The summed E-state index contributed by atoms with van der Waals surface area (Å²) in [6.07, 6.45) is -4.05. The Bertz CT molecular complexity index is 1480. The van der Waals surface area contributed by atoms with E-state index in [4.69, 9.17) is 32.7 Å². The van der Waals surface area contributed by atoms with Crippen LogP contribution in [0.1, 0.15) is 33.6 Å². The highest BCUT2D eigenvalue weighted by Crippen LogP contribution is 2.36. The standard InChI is InChI=1S/C29H27Cl2F3N2O5/c1-16-12-20(29(32,33)34)24(27(38)36(16)2)19-8-6-17(7-9-19)13-23(28(39)41-15-18-10-11-40-14-18)35-26(37)25-21(30)4-3-5-22(25)31/h3-9,12,18,23H,10-11,13-15H2,1-2H3,(H,35,37)/t18?,23-/m0/s1. The largest absolute Gasteiger partial charge is 0.464 e. The van der Waals surface area contributed by atoms with Gasteiger partial charge in [0, 0.05) is 31.7 Å². The number of ether oxygens (including phenoxy) is 2. The molecular formula is C29H27Cl2F3N2O5. The van der Waals surface area contributed by atoms with Gasteiger partial charge in [0.1, 0.15) is 6.04 Å². The number of nitrogens with zero attached hydrogens (tertiary/aromatic N) is 1. The molecule has 7 nitrogen and oxygen atoms in total. The Kier molecular flexibility index (Phi) is 9.46. The number of esters is 1. The van der Waals surface area contributed by atoms with E-state index in [2.05, 4.69) is 5.32 Å². The van der Waals surface area contributed by atoms with Gasteiger partial charge in [-0.15, -0.1) is 0 Å². The summed E-state index contributed by atoms with van der Waals surface area (Å²) in [7, 11) is 1.40. The minimum atomic E-state index is -4.74. The number of halogens is 5. The fourth-order valence-corrected chi connectivity index (χ4v) is 5.09. The lowest BCUT2D eigenvalue weighted by Gasteiger charge is -2.20. The first-order valence-corrected chi connectivity index (χ1v) is 13.5. The lowest BCUT2D eigenvalue weighted by molar-refractivity contribution is -0.147. The summed E-state index contributed by atoms with van der Waals surface area (Å²) >= 11 is 12.3. The SMILES string of the molecule is Cc1cc(C(F)(F)F)c(-c2ccc(C[C@H](NC(=O)c3c(Cl)cccc3Cl)C(=O)OCC3CCOC3)cc2)c(=O)n1C. The van der Waals surface area contributed by atoms with E-state index in [1.54, 1.807) is 6.07 Å². The van der Waals surface area contributed by atoms with Crippen LogP contribution in [0.5, 0.6) is 0 Å². The molecule has 2 atom stereocenters. The minimum Gasteiger partial charge on any atom is -0.464 e. The van der Waals surface area contributed by atoms with E-state index in [9.17, 15) is 27.6 Å². The summed E-state index contributed by atoms with van der Waals surface area (Å²) in [5.74, 6) is -1.36. The summed E-state index contributed by atoms with van der Waals surface area (Å²) in [5.41, 5.74) is -1.57. The Hall–Kier alpha value is -3.34. The normalized spacial score (nSPS) is 15.9. The molecule has 1 aliphatic rings. The van der Waals surface area contributed by atoms with Crippen LogP contribution in [0.2, 0.25) is 10.0 Å². The van der Waals surface area contributed by atoms with Crippen LogP contribution in [0, 0.1) is 12.8 Å². The fourth-order valence-electron chi connectivity index (χ4n) is 4.52. The predicted molar refractivity (Wildman–Crippen MR) is 148 cm³/mol. The summed E-state index contributed by atoms with van der Waals surface area (Å²) < 4.78 is 53.3. The molecule has 0 spiro atoms. The Morgan fingerprint density at radius 2 is 1.80 bits per heavy atom. The number of pyridine rings is 1. The molecule has 1 N–H and O–H groups in total. The van der Waals surface area contributed by atoms with E-state index in [0.29, 0.717) is 18.8 Å². The van der Waals surface area contributed by atoms with Crippen molar-refractivity contribution in [2.24, 2.45) is 13.0 Å². The molecule has 2 aromatic carbocycles. The van der Waals surface area contributed by atoms with Gasteiger partial charge >= 0.3 is 12.1 Å². The van der Waals surface area contributed by atoms with Crippen molar-refractivity contribution < 1.29 is 32.2 Å². The van der Waals surface area contributed by atoms with Gasteiger partial charge in [-0.1, -0.05) is 53.5 Å². The number of rotatable bonds is 8. The van der Waals surface area contributed by atoms with E-state index in [1.807, 2.05) is 0 Å². The molecule has 4 rings (SSSR count). The number of benzene rings is 2. The average Bonchev–Trinajstić information content (AvgIpc) is 3.43. The number of aryl methyl sites for hydroxylation is 1. The summed E-state index contributed by atoms with van der Waals surface area (Å²) in [5, 5.41) is 2.81. The minimum absolute atomic E-state index is 0.0110. The molecule has 0 saturated carbocycles. The zero-order valence-electron chi connectivity index (χ0n) is 22.2. The third kappa shape index (κ3) is 7.12. The molecule has 1 unspecified atom stereocenters. The second-order valence-corrected chi connectivity index (χ2v) is 10.6. The van der Waals surface area contributed by atoms with Crippen molar-refractivity contribution >= 4 is 35.1 Å². The predicted octanol–water partition coefficient (Wildman–Crippen LogP) is 5.61. The molecule has 0 radical (unpaired) electrons. The first-order chi connectivity index (χ1) is 19.4. The van der Waals surface area contributed by atoms with E-state index in [1.165, 1.54) is 50.4 Å². The number of hydrogen-bond donors (Lipinski definition) is 1. The van der Waals surface area contributed by atoms with Crippen molar-refractivity contribution in [3.8, 4) is 11.1 Å². The number of alkyl halides is 3. The molecule has 1 saturated heterocycles. The molecule has 1 aliphatic heterocycles. The number of aromatic nitrogens is 1. The smallest absolute Gasteiger partial charge is 0.417 e. The fraction of sp³-hybridized carbons (Fsp3) is 0.345. The number of hydrogen-bond acceptors (Lipinski definition) is 5. The van der Waals surface area contributed by atoms with Gasteiger partial charge in [-0.3, -0.25) is 9.59 Å². The summed E-state index contributed by atoms with van der Waals surface area (Å²) in [4.78, 5) is 39.0. The van der Waals surface area contributed by atoms with Gasteiger partial charge in [0.15, 0.2) is 0 Å². The monoisotopic (exact) mass is 610 g/mol. The van der Waals surface area contributed by atoms with Gasteiger partial charge in [0.05, 0.1) is 39.9 Å². The Balaban J connectivity index is 1.61. The molecular weight excluding hydrogens is 584 g/mol. The zero-order chi connectivity index (χ0) is 29.9. The Labute approximate surface area is 244 Å². The van der Waals surface area contributed by atoms with Crippen molar-refractivity contribution in [3.63, 3.8) is 0 Å². The molecule has 2 heterocycles. The summed E-state index contributed by atoms with van der Waals surface area (Å²) in [6.45, 7) is 2.56. The average molecular weight is 611 g/mol. The van der Waals surface area contributed by atoms with E-state index < -0.39 is 40.8 Å². The highest BCUT2D eigenvalue weighted by molar-refractivity contribution is 6.39. The van der Waals surface area contributed by atoms with Crippen molar-refractivity contribution in [3.05, 3.63) is 91.3 Å². The second kappa shape index (κ2) is 12.7. The zero-order valence-corrected chi connectivity index (χ0v) is 23.7. The molecule has 1 amide bonds. The topological polar surface area (TPSA) is 86.6 Å². The first-order valence-electron chi connectivity index (χ1n) is 12.7. The van der Waals surface area contributed by atoms with E-state index >= 15 is 0 Å². The number of carbonyl (C=O) groups is 2. The maximum atomic E-state index is 13.8. The van der Waals surface area contributed by atoms with Gasteiger partial charge in [0.2, 0.25) is 0 Å². The quantitative estimate of drug-likeness (QED) is 0.335. The van der Waals surface area contributed by atoms with Crippen LogP contribution >= 0.6 is 23.2 Å². The molecule has 41 heavy (non-hydrogen) atoms. The molecule has 12 heteroatoms. The van der Waals surface area contributed by atoms with Crippen molar-refractivity contribution in [2.45, 2.75) is 32.0 Å². The first kappa shape index (κ1) is 30.6. The Morgan fingerprint density at radius 1 is 1.15 bits per heavy atom. The molecule has 1 fully saturated rings. The van der Waals surface area contributed by atoms with Crippen LogP contribution in [0.3, 0.4) is 0 Å². The molecule has 0 bridgehead atoms. The van der Waals surface area contributed by atoms with Gasteiger partial charge in [-0.2, -0.15) is 13.2 Å². The molecule has 3 aromatic rings. The van der Waals surface area contributed by atoms with Crippen molar-refractivity contribution in [2.75, 3.05) is 19.8 Å². The maximum absolute atomic E-state index is 13.8. The second-order valence-electron chi connectivity index (χ2n) is 9.82. The van der Waals surface area contributed by atoms with Crippen LogP contribution in [0.25, 0.3) is 11.1 Å². The van der Waals surface area contributed by atoms with Gasteiger partial charge in [0.25, 0.3) is 11.5 Å². The molecule has 0 aliphatic carbocycles. The molecule has 218 valence electrons. The summed E-state index contributed by atoms with van der Waals surface area (Å²) in [6, 6.07) is 10.1.